The highest BCUT2D eigenvalue weighted by Gasteiger charge is 2.27. The highest BCUT2D eigenvalue weighted by Crippen LogP contribution is 2.42. The van der Waals surface area contributed by atoms with Crippen LogP contribution < -0.4 is 11.2 Å². The highest BCUT2D eigenvalue weighted by molar-refractivity contribution is 7.88. The number of fused-ring (bicyclic) bond motifs is 1. The van der Waals surface area contributed by atoms with Crippen LogP contribution in [0.3, 0.4) is 0 Å². The van der Waals surface area contributed by atoms with E-state index in [1.54, 1.807) is 12.1 Å². The number of rotatable bonds is 5. The monoisotopic (exact) mass is 549 g/mol. The van der Waals surface area contributed by atoms with E-state index in [-0.39, 0.29) is 22.8 Å². The van der Waals surface area contributed by atoms with Crippen LogP contribution in [0.25, 0.3) is 26.9 Å². The van der Waals surface area contributed by atoms with Gasteiger partial charge in [0.25, 0.3) is 5.56 Å². The second-order valence-corrected chi connectivity index (χ2v) is 13.0. The van der Waals surface area contributed by atoms with Crippen LogP contribution in [0.1, 0.15) is 31.9 Å². The van der Waals surface area contributed by atoms with Gasteiger partial charge in [-0.05, 0) is 45.0 Å². The number of nitrogens with one attached hydrogen (secondary N) is 1. The van der Waals surface area contributed by atoms with Gasteiger partial charge in [0.15, 0.2) is 5.82 Å². The smallest absolute Gasteiger partial charge is 0.274 e. The Morgan fingerprint density at radius 2 is 1.86 bits per heavy atom. The van der Waals surface area contributed by atoms with Crippen LogP contribution in [0.2, 0.25) is 5.02 Å². The van der Waals surface area contributed by atoms with Crippen molar-refractivity contribution >= 4 is 43.0 Å². The lowest BCUT2D eigenvalue weighted by molar-refractivity contribution is 0.474. The van der Waals surface area contributed by atoms with E-state index in [0.717, 1.165) is 32.5 Å². The van der Waals surface area contributed by atoms with Crippen LogP contribution in [0, 0.1) is 5.82 Å². The van der Waals surface area contributed by atoms with Crippen LogP contribution >= 0.6 is 22.9 Å². The van der Waals surface area contributed by atoms with E-state index in [1.807, 2.05) is 32.2 Å². The largest absolute Gasteiger partial charge is 0.333 e. The molecule has 7 nitrogen and oxygen atoms in total. The fourth-order valence-corrected chi connectivity index (χ4v) is 5.82. The molecule has 0 saturated heterocycles. The minimum Gasteiger partial charge on any atom is -0.274 e. The van der Waals surface area contributed by atoms with Gasteiger partial charge in [0.2, 0.25) is 10.0 Å². The summed E-state index contributed by atoms with van der Waals surface area (Å²) in [4.78, 5) is 26.2. The highest BCUT2D eigenvalue weighted by atomic mass is 35.5. The zero-order chi connectivity index (χ0) is 26.6. The molecule has 1 N–H and O–H groups in total. The fraction of sp³-hybridized carbons (Fsp3) is 0.280. The first-order chi connectivity index (χ1) is 16.7. The minimum atomic E-state index is -3.35. The molecule has 36 heavy (non-hydrogen) atoms. The summed E-state index contributed by atoms with van der Waals surface area (Å²) < 4.78 is 42.9. The SMILES string of the molecule is CN(Cc1csc2cc(-c3c(F)c(-n4ccc(=O)[nH]c4=O)cc(C(C)(C)C)c3Cl)ccc12)S(C)(=O)=O. The molecule has 0 spiro atoms. The Balaban J connectivity index is 1.93. The van der Waals surface area contributed by atoms with E-state index in [2.05, 4.69) is 4.98 Å². The van der Waals surface area contributed by atoms with Crippen LogP contribution in [-0.2, 0) is 22.0 Å². The van der Waals surface area contributed by atoms with E-state index in [1.165, 1.54) is 35.0 Å². The number of H-pyrrole nitrogens is 1. The lowest BCUT2D eigenvalue weighted by Crippen LogP contribution is -2.28. The summed E-state index contributed by atoms with van der Waals surface area (Å²) in [5, 5.41) is 2.97. The molecule has 0 aliphatic carbocycles. The van der Waals surface area contributed by atoms with Crippen molar-refractivity contribution in [2.45, 2.75) is 32.7 Å². The molecule has 0 bridgehead atoms. The molecule has 0 saturated carbocycles. The third kappa shape index (κ3) is 4.90. The zero-order valence-corrected chi connectivity index (χ0v) is 22.7. The summed E-state index contributed by atoms with van der Waals surface area (Å²) >= 11 is 8.20. The summed E-state index contributed by atoms with van der Waals surface area (Å²) in [6.45, 7) is 6.01. The number of sulfonamides is 1. The average molecular weight is 550 g/mol. The molecule has 0 unspecified atom stereocenters. The first-order valence-electron chi connectivity index (χ1n) is 10.9. The van der Waals surface area contributed by atoms with Crippen molar-refractivity contribution in [1.29, 1.82) is 0 Å². The van der Waals surface area contributed by atoms with E-state index < -0.39 is 32.5 Å². The van der Waals surface area contributed by atoms with E-state index in [4.69, 9.17) is 11.6 Å². The van der Waals surface area contributed by atoms with Gasteiger partial charge in [-0.3, -0.25) is 14.3 Å². The molecule has 0 amide bonds. The van der Waals surface area contributed by atoms with Gasteiger partial charge in [-0.15, -0.1) is 11.3 Å². The quantitative estimate of drug-likeness (QED) is 0.384. The van der Waals surface area contributed by atoms with Gasteiger partial charge < -0.3 is 0 Å². The maximum Gasteiger partial charge on any atom is 0.333 e. The Morgan fingerprint density at radius 1 is 1.17 bits per heavy atom. The normalized spacial score (nSPS) is 12.6. The number of aromatic nitrogens is 2. The van der Waals surface area contributed by atoms with Crippen molar-refractivity contribution < 1.29 is 12.8 Å². The Hall–Kier alpha value is -2.79. The van der Waals surface area contributed by atoms with Crippen molar-refractivity contribution in [2.24, 2.45) is 0 Å². The summed E-state index contributed by atoms with van der Waals surface area (Å²) in [5.74, 6) is -0.699. The van der Waals surface area contributed by atoms with Crippen LogP contribution in [0.15, 0.2) is 51.5 Å². The van der Waals surface area contributed by atoms with Crippen LogP contribution in [0.4, 0.5) is 4.39 Å². The topological polar surface area (TPSA) is 92.2 Å². The molecule has 0 fully saturated rings. The van der Waals surface area contributed by atoms with Crippen molar-refractivity contribution in [1.82, 2.24) is 13.9 Å². The van der Waals surface area contributed by atoms with E-state index in [0.29, 0.717) is 11.1 Å². The van der Waals surface area contributed by atoms with Gasteiger partial charge in [-0.25, -0.2) is 21.9 Å². The van der Waals surface area contributed by atoms with Crippen LogP contribution in [0.5, 0.6) is 0 Å². The molecular formula is C25H25ClFN3O4S2. The number of aromatic amines is 1. The van der Waals surface area contributed by atoms with Crippen molar-refractivity contribution in [3.8, 4) is 16.8 Å². The zero-order valence-electron chi connectivity index (χ0n) is 20.3. The van der Waals surface area contributed by atoms with Gasteiger partial charge in [-0.1, -0.05) is 44.5 Å². The van der Waals surface area contributed by atoms with Gasteiger partial charge in [0, 0.05) is 36.1 Å². The second kappa shape index (κ2) is 9.26. The van der Waals surface area contributed by atoms with Crippen LogP contribution in [-0.4, -0.2) is 35.6 Å². The molecule has 2 aromatic carbocycles. The third-order valence-corrected chi connectivity index (χ3v) is 8.62. The predicted molar refractivity (Wildman–Crippen MR) is 143 cm³/mol. The van der Waals surface area contributed by atoms with Gasteiger partial charge in [-0.2, -0.15) is 0 Å². The minimum absolute atomic E-state index is 0.0256. The molecule has 2 aromatic heterocycles. The van der Waals surface area contributed by atoms with Gasteiger partial charge in [0.1, 0.15) is 0 Å². The van der Waals surface area contributed by atoms with Crippen molar-refractivity contribution in [3.05, 3.63) is 84.7 Å². The number of benzene rings is 2. The number of thiophene rings is 1. The van der Waals surface area contributed by atoms with Crippen molar-refractivity contribution in [3.63, 3.8) is 0 Å². The number of hydrogen-bond donors (Lipinski definition) is 1. The standard InChI is InChI=1S/C25H25ClFN3O4S2/c1-25(2,3)17-11-18(30-9-8-20(31)28-24(30)32)23(27)21(22(17)26)14-6-7-16-15(13-35-19(16)10-14)12-29(4)36(5,33)34/h6-11,13H,12H2,1-5H3,(H,28,31,32). The summed E-state index contributed by atoms with van der Waals surface area (Å²) in [5.41, 5.74) is 0.284. The molecular weight excluding hydrogens is 525 g/mol. The average Bonchev–Trinajstić information content (AvgIpc) is 3.15. The lowest BCUT2D eigenvalue weighted by atomic mass is 9.84. The molecule has 4 aromatic rings. The summed E-state index contributed by atoms with van der Waals surface area (Å²) in [6.07, 6.45) is 2.38. The lowest BCUT2D eigenvalue weighted by Gasteiger charge is -2.25. The molecule has 11 heteroatoms. The Morgan fingerprint density at radius 3 is 2.47 bits per heavy atom. The Labute approximate surface area is 216 Å². The van der Waals surface area contributed by atoms with Gasteiger partial charge in [0.05, 0.1) is 17.0 Å². The molecule has 2 heterocycles. The first-order valence-corrected chi connectivity index (χ1v) is 14.1. The summed E-state index contributed by atoms with van der Waals surface area (Å²) in [6, 6.07) is 8.04. The van der Waals surface area contributed by atoms with Gasteiger partial charge >= 0.3 is 5.69 Å². The number of halogens is 2. The molecule has 190 valence electrons. The van der Waals surface area contributed by atoms with E-state index in [9.17, 15) is 18.0 Å². The molecule has 0 atom stereocenters. The molecule has 0 aliphatic heterocycles. The number of hydrogen-bond acceptors (Lipinski definition) is 5. The fourth-order valence-electron chi connectivity index (χ4n) is 3.92. The summed E-state index contributed by atoms with van der Waals surface area (Å²) in [7, 11) is -1.83. The van der Waals surface area contributed by atoms with E-state index >= 15 is 4.39 Å². The Bertz CT molecular complexity index is 1720. The molecule has 0 aliphatic rings. The maximum absolute atomic E-state index is 16.1. The third-order valence-electron chi connectivity index (χ3n) is 5.98. The predicted octanol–water partition coefficient (Wildman–Crippen LogP) is 4.89. The molecule has 4 rings (SSSR count). The molecule has 0 radical (unpaired) electrons. The Kier molecular flexibility index (Phi) is 6.76. The van der Waals surface area contributed by atoms with Crippen molar-refractivity contribution in [2.75, 3.05) is 13.3 Å². The first kappa shape index (κ1) is 26.3. The maximum atomic E-state index is 16.1. The number of nitrogens with zero attached hydrogens (tertiary/aromatic N) is 2. The second-order valence-electron chi connectivity index (χ2n) is 9.67.